The zero-order valence-electron chi connectivity index (χ0n) is 13.0. The maximum atomic E-state index is 12.7. The van der Waals surface area contributed by atoms with Crippen molar-refractivity contribution in [1.82, 2.24) is 9.88 Å². The highest BCUT2D eigenvalue weighted by atomic mass is 19.4. The molecule has 2 fully saturated rings. The van der Waals surface area contributed by atoms with Crippen LogP contribution in [0.2, 0.25) is 0 Å². The van der Waals surface area contributed by atoms with Crippen LogP contribution in [0, 0.1) is 5.92 Å². The van der Waals surface area contributed by atoms with Crippen molar-refractivity contribution < 1.29 is 27.8 Å². The Kier molecular flexibility index (Phi) is 4.78. The number of ether oxygens (including phenoxy) is 1. The summed E-state index contributed by atoms with van der Waals surface area (Å²) in [5.41, 5.74) is -0.911. The summed E-state index contributed by atoms with van der Waals surface area (Å²) in [7, 11) is 0. The summed E-state index contributed by atoms with van der Waals surface area (Å²) in [6.45, 7) is 1.06. The highest BCUT2D eigenvalue weighted by Crippen LogP contribution is 2.33. The molecule has 0 unspecified atom stereocenters. The van der Waals surface area contributed by atoms with Crippen LogP contribution >= 0.6 is 0 Å². The van der Waals surface area contributed by atoms with Gasteiger partial charge in [-0.3, -0.25) is 9.78 Å². The predicted octanol–water partition coefficient (Wildman–Crippen LogP) is 2.10. The summed E-state index contributed by atoms with van der Waals surface area (Å²) in [5, 5.41) is 10.1. The van der Waals surface area contributed by atoms with Gasteiger partial charge in [0.25, 0.3) is 5.91 Å². The normalized spacial score (nSPS) is 28.2. The van der Waals surface area contributed by atoms with E-state index in [1.54, 1.807) is 4.90 Å². The van der Waals surface area contributed by atoms with E-state index >= 15 is 0 Å². The molecule has 24 heavy (non-hydrogen) atoms. The van der Waals surface area contributed by atoms with E-state index in [-0.39, 0.29) is 23.4 Å². The van der Waals surface area contributed by atoms with Gasteiger partial charge in [-0.1, -0.05) is 6.42 Å². The van der Waals surface area contributed by atoms with Gasteiger partial charge in [-0.05, 0) is 25.0 Å². The lowest BCUT2D eigenvalue weighted by Gasteiger charge is -2.40. The van der Waals surface area contributed by atoms with Crippen LogP contribution in [0.3, 0.4) is 0 Å². The van der Waals surface area contributed by atoms with Crippen LogP contribution in [-0.2, 0) is 10.9 Å². The fourth-order valence-corrected chi connectivity index (χ4v) is 3.50. The van der Waals surface area contributed by atoms with Gasteiger partial charge in [0.05, 0.1) is 30.9 Å². The molecular weight excluding hydrogens is 325 g/mol. The first-order valence-electron chi connectivity index (χ1n) is 7.98. The van der Waals surface area contributed by atoms with Gasteiger partial charge in [0.2, 0.25) is 0 Å². The third-order valence-electron chi connectivity index (χ3n) is 4.75. The summed E-state index contributed by atoms with van der Waals surface area (Å²) in [6.07, 6.45) is -1.64. The van der Waals surface area contributed by atoms with E-state index in [0.717, 1.165) is 31.2 Å². The number of carbonyl (C=O) groups excluding carboxylic acids is 1. The number of pyridine rings is 1. The number of aromatic nitrogens is 1. The van der Waals surface area contributed by atoms with Crippen LogP contribution in [-0.4, -0.2) is 52.8 Å². The van der Waals surface area contributed by atoms with Crippen LogP contribution in [0.15, 0.2) is 18.3 Å². The first-order chi connectivity index (χ1) is 11.4. The highest BCUT2D eigenvalue weighted by molar-refractivity contribution is 5.94. The fraction of sp³-hybridized carbons (Fsp3) is 0.625. The van der Waals surface area contributed by atoms with E-state index in [2.05, 4.69) is 4.98 Å². The maximum absolute atomic E-state index is 12.7. The van der Waals surface area contributed by atoms with Gasteiger partial charge in [0.1, 0.15) is 5.69 Å². The van der Waals surface area contributed by atoms with Crippen LogP contribution in [0.1, 0.15) is 35.3 Å². The molecule has 1 aliphatic carbocycles. The molecule has 1 saturated carbocycles. The summed E-state index contributed by atoms with van der Waals surface area (Å²) < 4.78 is 43.2. The lowest BCUT2D eigenvalue weighted by molar-refractivity contribution is -0.141. The van der Waals surface area contributed by atoms with Gasteiger partial charge >= 0.3 is 6.18 Å². The van der Waals surface area contributed by atoms with Crippen LogP contribution in [0.25, 0.3) is 0 Å². The molecule has 3 atom stereocenters. The number of amides is 1. The largest absolute Gasteiger partial charge is 0.433 e. The Labute approximate surface area is 137 Å². The number of aliphatic hydroxyl groups is 1. The number of hydrogen-bond acceptors (Lipinski definition) is 4. The van der Waals surface area contributed by atoms with Crippen LogP contribution in [0.5, 0.6) is 0 Å². The Balaban J connectivity index is 1.79. The Morgan fingerprint density at radius 3 is 2.71 bits per heavy atom. The van der Waals surface area contributed by atoms with E-state index in [1.807, 2.05) is 0 Å². The molecule has 1 aromatic heterocycles. The fourth-order valence-electron chi connectivity index (χ4n) is 3.50. The summed E-state index contributed by atoms with van der Waals surface area (Å²) >= 11 is 0. The molecule has 1 aromatic rings. The van der Waals surface area contributed by atoms with Gasteiger partial charge in [-0.25, -0.2) is 0 Å². The molecule has 1 amide bonds. The molecule has 8 heteroatoms. The number of carbonyl (C=O) groups is 1. The first-order valence-corrected chi connectivity index (χ1v) is 7.98. The molecule has 2 heterocycles. The number of halogens is 3. The zero-order chi connectivity index (χ0) is 17.3. The molecular formula is C16H19F3N2O3. The number of hydrogen-bond donors (Lipinski definition) is 1. The number of alkyl halides is 3. The van der Waals surface area contributed by atoms with Crippen LogP contribution < -0.4 is 0 Å². The molecule has 0 radical (unpaired) electrons. The van der Waals surface area contributed by atoms with Crippen LogP contribution in [0.4, 0.5) is 13.2 Å². The number of nitrogens with zero attached hydrogens (tertiary/aromatic N) is 2. The van der Waals surface area contributed by atoms with Gasteiger partial charge in [-0.15, -0.1) is 0 Å². The average Bonchev–Trinajstić information content (AvgIpc) is 2.99. The molecule has 0 spiro atoms. The molecule has 1 N–H and O–H groups in total. The number of rotatable bonds is 2. The quantitative estimate of drug-likeness (QED) is 0.893. The molecule has 0 aromatic carbocycles. The smallest absolute Gasteiger partial charge is 0.393 e. The van der Waals surface area contributed by atoms with Crippen molar-refractivity contribution >= 4 is 5.91 Å². The molecule has 1 saturated heterocycles. The second-order valence-electron chi connectivity index (χ2n) is 6.23. The van der Waals surface area contributed by atoms with Crippen molar-refractivity contribution in [2.24, 2.45) is 5.92 Å². The average molecular weight is 344 g/mol. The monoisotopic (exact) mass is 344 g/mol. The summed E-state index contributed by atoms with van der Waals surface area (Å²) in [6, 6.07) is 1.70. The van der Waals surface area contributed by atoms with E-state index in [0.29, 0.717) is 26.2 Å². The second-order valence-corrected chi connectivity index (χ2v) is 6.23. The Hall–Kier alpha value is -1.67. The minimum Gasteiger partial charge on any atom is -0.393 e. The van der Waals surface area contributed by atoms with E-state index in [1.165, 1.54) is 0 Å². The SMILES string of the molecule is O=C(c1ccc(C(F)(F)F)nc1)N1CCOC[C@@H]1[C@H]1CCC[C@@H]1O. The van der Waals surface area contributed by atoms with Gasteiger partial charge in [0, 0.05) is 18.7 Å². The third-order valence-corrected chi connectivity index (χ3v) is 4.75. The molecule has 132 valence electrons. The standard InChI is InChI=1S/C16H19F3N2O3/c17-16(18,19)14-5-4-10(8-20-14)15(23)21-6-7-24-9-12(21)11-2-1-3-13(11)22/h4-5,8,11-13,22H,1-3,6-7,9H2/t11-,12-,13+/m1/s1. The predicted molar refractivity (Wildman–Crippen MR) is 78.2 cm³/mol. The Morgan fingerprint density at radius 1 is 1.33 bits per heavy atom. The summed E-state index contributed by atoms with van der Waals surface area (Å²) in [4.78, 5) is 17.7. The van der Waals surface area contributed by atoms with Crippen molar-refractivity contribution in [3.05, 3.63) is 29.6 Å². The van der Waals surface area contributed by atoms with E-state index in [4.69, 9.17) is 4.74 Å². The topological polar surface area (TPSA) is 62.7 Å². The van der Waals surface area contributed by atoms with Crippen molar-refractivity contribution in [3.8, 4) is 0 Å². The Bertz CT molecular complexity index is 591. The highest BCUT2D eigenvalue weighted by Gasteiger charge is 2.40. The molecule has 3 rings (SSSR count). The lowest BCUT2D eigenvalue weighted by Crippen LogP contribution is -2.53. The Morgan fingerprint density at radius 2 is 2.12 bits per heavy atom. The molecule has 1 aliphatic heterocycles. The van der Waals surface area contributed by atoms with Gasteiger partial charge in [-0.2, -0.15) is 13.2 Å². The number of morpholine rings is 1. The van der Waals surface area contributed by atoms with Crippen molar-refractivity contribution in [3.63, 3.8) is 0 Å². The van der Waals surface area contributed by atoms with Crippen molar-refractivity contribution in [2.45, 2.75) is 37.6 Å². The van der Waals surface area contributed by atoms with Crippen molar-refractivity contribution in [1.29, 1.82) is 0 Å². The molecule has 0 bridgehead atoms. The van der Waals surface area contributed by atoms with E-state index in [9.17, 15) is 23.1 Å². The van der Waals surface area contributed by atoms with Gasteiger partial charge in [0.15, 0.2) is 0 Å². The minimum absolute atomic E-state index is 0.0587. The third kappa shape index (κ3) is 3.39. The second kappa shape index (κ2) is 6.68. The van der Waals surface area contributed by atoms with Crippen molar-refractivity contribution in [2.75, 3.05) is 19.8 Å². The molecule has 5 nitrogen and oxygen atoms in total. The summed E-state index contributed by atoms with van der Waals surface area (Å²) in [5.74, 6) is -0.430. The minimum atomic E-state index is -4.53. The number of aliphatic hydroxyl groups excluding tert-OH is 1. The zero-order valence-corrected chi connectivity index (χ0v) is 13.0. The van der Waals surface area contributed by atoms with E-state index < -0.39 is 18.0 Å². The van der Waals surface area contributed by atoms with Gasteiger partial charge < -0.3 is 14.7 Å². The first kappa shape index (κ1) is 17.2. The molecule has 2 aliphatic rings. The maximum Gasteiger partial charge on any atom is 0.433 e. The lowest BCUT2D eigenvalue weighted by atomic mass is 9.94.